The molecule has 3 heteroatoms. The molecule has 1 aliphatic rings. The second kappa shape index (κ2) is 4.84. The molecule has 2 aromatic rings. The van der Waals surface area contributed by atoms with E-state index in [-0.39, 0.29) is 11.8 Å². The molecule has 0 saturated carbocycles. The molecule has 19 heavy (non-hydrogen) atoms. The molecule has 0 radical (unpaired) electrons. The van der Waals surface area contributed by atoms with Gasteiger partial charge in [-0.15, -0.1) is 0 Å². The van der Waals surface area contributed by atoms with Crippen molar-refractivity contribution in [3.63, 3.8) is 0 Å². The fourth-order valence-corrected chi connectivity index (χ4v) is 2.58. The zero-order valence-electron chi connectivity index (χ0n) is 10.6. The zero-order valence-corrected chi connectivity index (χ0v) is 10.6. The highest BCUT2D eigenvalue weighted by Gasteiger charge is 2.26. The summed E-state index contributed by atoms with van der Waals surface area (Å²) in [5.41, 5.74) is 0.619. The van der Waals surface area contributed by atoms with Crippen LogP contribution in [0.2, 0.25) is 0 Å². The SMILES string of the molecule is O=C1CCCCN1C(=O)c1cccc2ccccc12. The van der Waals surface area contributed by atoms with Gasteiger partial charge in [-0.1, -0.05) is 36.4 Å². The highest BCUT2D eigenvalue weighted by Crippen LogP contribution is 2.22. The summed E-state index contributed by atoms with van der Waals surface area (Å²) in [5.74, 6) is -0.217. The van der Waals surface area contributed by atoms with Gasteiger partial charge in [0.15, 0.2) is 0 Å². The summed E-state index contributed by atoms with van der Waals surface area (Å²) < 4.78 is 0. The van der Waals surface area contributed by atoms with Gasteiger partial charge in [-0.25, -0.2) is 0 Å². The van der Waals surface area contributed by atoms with Gasteiger partial charge in [0.1, 0.15) is 0 Å². The fraction of sp³-hybridized carbons (Fsp3) is 0.250. The third-order valence-electron chi connectivity index (χ3n) is 3.59. The van der Waals surface area contributed by atoms with Gasteiger partial charge in [0.05, 0.1) is 0 Å². The number of fused-ring (bicyclic) bond motifs is 1. The van der Waals surface area contributed by atoms with Crippen LogP contribution in [0.3, 0.4) is 0 Å². The van der Waals surface area contributed by atoms with Gasteiger partial charge in [-0.2, -0.15) is 0 Å². The lowest BCUT2D eigenvalue weighted by Crippen LogP contribution is -2.40. The van der Waals surface area contributed by atoms with Crippen LogP contribution in [0.25, 0.3) is 10.8 Å². The van der Waals surface area contributed by atoms with Crippen LogP contribution in [-0.4, -0.2) is 23.3 Å². The Morgan fingerprint density at radius 3 is 2.63 bits per heavy atom. The summed E-state index contributed by atoms with van der Waals surface area (Å²) in [6.07, 6.45) is 2.27. The van der Waals surface area contributed by atoms with Crippen molar-refractivity contribution in [2.24, 2.45) is 0 Å². The largest absolute Gasteiger partial charge is 0.278 e. The summed E-state index contributed by atoms with van der Waals surface area (Å²) in [6.45, 7) is 0.543. The van der Waals surface area contributed by atoms with Crippen LogP contribution in [0.5, 0.6) is 0 Å². The fourth-order valence-electron chi connectivity index (χ4n) is 2.58. The molecule has 3 nitrogen and oxygen atoms in total. The number of benzene rings is 2. The third kappa shape index (κ3) is 2.12. The van der Waals surface area contributed by atoms with E-state index in [1.807, 2.05) is 36.4 Å². The number of likely N-dealkylation sites (tertiary alicyclic amines) is 1. The standard InChI is InChI=1S/C16H15NO2/c18-15-10-3-4-11-17(15)16(19)14-9-5-7-12-6-1-2-8-13(12)14/h1-2,5-9H,3-4,10-11H2. The number of nitrogens with zero attached hydrogens (tertiary/aromatic N) is 1. The van der Waals surface area contributed by atoms with Crippen molar-refractivity contribution in [1.29, 1.82) is 0 Å². The minimum Gasteiger partial charge on any atom is -0.278 e. The Hall–Kier alpha value is -2.16. The van der Waals surface area contributed by atoms with Gasteiger partial charge in [-0.05, 0) is 29.7 Å². The minimum atomic E-state index is -0.165. The topological polar surface area (TPSA) is 37.4 Å². The van der Waals surface area contributed by atoms with E-state index in [1.165, 1.54) is 4.90 Å². The molecule has 1 heterocycles. The van der Waals surface area contributed by atoms with Crippen LogP contribution in [0, 0.1) is 0 Å². The lowest BCUT2D eigenvalue weighted by molar-refractivity contribution is -0.130. The van der Waals surface area contributed by atoms with Gasteiger partial charge in [0.25, 0.3) is 5.91 Å². The first-order valence-corrected chi connectivity index (χ1v) is 6.60. The molecule has 0 unspecified atom stereocenters. The number of imide groups is 1. The Balaban J connectivity index is 2.04. The van der Waals surface area contributed by atoms with Crippen LogP contribution in [0.1, 0.15) is 29.6 Å². The van der Waals surface area contributed by atoms with Crippen LogP contribution >= 0.6 is 0 Å². The third-order valence-corrected chi connectivity index (χ3v) is 3.59. The molecule has 1 aliphatic heterocycles. The van der Waals surface area contributed by atoms with E-state index in [0.29, 0.717) is 18.5 Å². The molecule has 3 rings (SSSR count). The molecule has 2 amide bonds. The van der Waals surface area contributed by atoms with E-state index in [0.717, 1.165) is 23.6 Å². The van der Waals surface area contributed by atoms with E-state index < -0.39 is 0 Å². The molecule has 0 N–H and O–H groups in total. The molecule has 0 bridgehead atoms. The number of piperidine rings is 1. The van der Waals surface area contributed by atoms with Crippen LogP contribution < -0.4 is 0 Å². The summed E-state index contributed by atoms with van der Waals surface area (Å²) in [6, 6.07) is 13.4. The average molecular weight is 253 g/mol. The smallest absolute Gasteiger partial charge is 0.261 e. The lowest BCUT2D eigenvalue weighted by Gasteiger charge is -2.25. The van der Waals surface area contributed by atoms with Crippen molar-refractivity contribution >= 4 is 22.6 Å². The highest BCUT2D eigenvalue weighted by molar-refractivity contribution is 6.12. The molecule has 0 aliphatic carbocycles. The molecule has 96 valence electrons. The van der Waals surface area contributed by atoms with Gasteiger partial charge in [-0.3, -0.25) is 14.5 Å². The minimum absolute atomic E-state index is 0.0517. The number of hydrogen-bond acceptors (Lipinski definition) is 2. The van der Waals surface area contributed by atoms with Crippen LogP contribution in [0.15, 0.2) is 42.5 Å². The van der Waals surface area contributed by atoms with E-state index >= 15 is 0 Å². The maximum Gasteiger partial charge on any atom is 0.261 e. The molecule has 0 aromatic heterocycles. The number of rotatable bonds is 1. The van der Waals surface area contributed by atoms with E-state index in [9.17, 15) is 9.59 Å². The van der Waals surface area contributed by atoms with E-state index in [2.05, 4.69) is 0 Å². The number of amides is 2. The predicted octanol–water partition coefficient (Wildman–Crippen LogP) is 2.99. The van der Waals surface area contributed by atoms with Crippen molar-refractivity contribution in [1.82, 2.24) is 4.90 Å². The Morgan fingerprint density at radius 2 is 1.79 bits per heavy atom. The quantitative estimate of drug-likeness (QED) is 0.733. The van der Waals surface area contributed by atoms with Crippen molar-refractivity contribution in [2.75, 3.05) is 6.54 Å². The Labute approximate surface area is 111 Å². The molecule has 0 atom stereocenters. The monoisotopic (exact) mass is 253 g/mol. The van der Waals surface area contributed by atoms with Gasteiger partial charge >= 0.3 is 0 Å². The predicted molar refractivity (Wildman–Crippen MR) is 73.8 cm³/mol. The first kappa shape index (κ1) is 11.9. The van der Waals surface area contributed by atoms with Crippen molar-refractivity contribution in [3.8, 4) is 0 Å². The molecule has 1 fully saturated rings. The first-order valence-electron chi connectivity index (χ1n) is 6.60. The highest BCUT2D eigenvalue weighted by atomic mass is 16.2. The Morgan fingerprint density at radius 1 is 1.00 bits per heavy atom. The zero-order chi connectivity index (χ0) is 13.2. The van der Waals surface area contributed by atoms with E-state index in [4.69, 9.17) is 0 Å². The van der Waals surface area contributed by atoms with Gasteiger partial charge in [0.2, 0.25) is 5.91 Å². The van der Waals surface area contributed by atoms with Crippen molar-refractivity contribution in [2.45, 2.75) is 19.3 Å². The number of hydrogen-bond donors (Lipinski definition) is 0. The van der Waals surface area contributed by atoms with Crippen molar-refractivity contribution < 1.29 is 9.59 Å². The molecule has 0 spiro atoms. The first-order chi connectivity index (χ1) is 9.27. The number of carbonyl (C=O) groups excluding carboxylic acids is 2. The van der Waals surface area contributed by atoms with Gasteiger partial charge in [0, 0.05) is 18.5 Å². The summed E-state index contributed by atoms with van der Waals surface area (Å²) in [4.78, 5) is 25.8. The summed E-state index contributed by atoms with van der Waals surface area (Å²) in [5, 5.41) is 1.94. The molecule has 2 aromatic carbocycles. The molecular formula is C16H15NO2. The number of carbonyl (C=O) groups is 2. The van der Waals surface area contributed by atoms with Crippen LogP contribution in [0.4, 0.5) is 0 Å². The van der Waals surface area contributed by atoms with Crippen LogP contribution in [-0.2, 0) is 4.79 Å². The molecular weight excluding hydrogens is 238 g/mol. The second-order valence-corrected chi connectivity index (χ2v) is 4.83. The Bertz CT molecular complexity index is 643. The molecule has 1 saturated heterocycles. The normalized spacial score (nSPS) is 15.8. The van der Waals surface area contributed by atoms with Gasteiger partial charge < -0.3 is 0 Å². The Kier molecular flexibility index (Phi) is 3.03. The second-order valence-electron chi connectivity index (χ2n) is 4.83. The lowest BCUT2D eigenvalue weighted by atomic mass is 10.0. The summed E-state index contributed by atoms with van der Waals surface area (Å²) in [7, 11) is 0. The van der Waals surface area contributed by atoms with E-state index in [1.54, 1.807) is 6.07 Å². The maximum atomic E-state index is 12.5. The summed E-state index contributed by atoms with van der Waals surface area (Å²) >= 11 is 0. The van der Waals surface area contributed by atoms with Crippen molar-refractivity contribution in [3.05, 3.63) is 48.0 Å². The average Bonchev–Trinajstić information content (AvgIpc) is 2.46. The maximum absolute atomic E-state index is 12.5.